The Bertz CT molecular complexity index is 1210. The topological polar surface area (TPSA) is 65.4 Å². The van der Waals surface area contributed by atoms with Gasteiger partial charge in [0.05, 0.1) is 18.1 Å². The van der Waals surface area contributed by atoms with Crippen LogP contribution in [0.25, 0.3) is 0 Å². The molecule has 0 radical (unpaired) electrons. The Kier molecular flexibility index (Phi) is 7.09. The Morgan fingerprint density at radius 1 is 1.00 bits per heavy atom. The number of hydrogen-bond donors (Lipinski definition) is 1. The van der Waals surface area contributed by atoms with Crippen molar-refractivity contribution in [2.24, 2.45) is 0 Å². The smallest absolute Gasteiger partial charge is 0.255 e. The second-order valence-corrected chi connectivity index (χ2v) is 8.25. The van der Waals surface area contributed by atoms with Crippen LogP contribution in [0.1, 0.15) is 15.9 Å². The molecule has 6 nitrogen and oxygen atoms in total. The first-order valence-electron chi connectivity index (χ1n) is 9.75. The highest BCUT2D eigenvalue weighted by Gasteiger charge is 2.09. The predicted octanol–water partition coefficient (Wildman–Crippen LogP) is 6.17. The number of halogens is 2. The third-order valence-electron chi connectivity index (χ3n) is 4.46. The predicted molar refractivity (Wildman–Crippen MR) is 127 cm³/mol. The van der Waals surface area contributed by atoms with Crippen molar-refractivity contribution in [2.75, 3.05) is 5.32 Å². The highest BCUT2D eigenvalue weighted by molar-refractivity contribution is 9.10. The number of amides is 1. The van der Waals surface area contributed by atoms with Crippen LogP contribution in [0, 0.1) is 0 Å². The molecule has 0 aliphatic rings. The molecule has 0 spiro atoms. The fourth-order valence-corrected chi connectivity index (χ4v) is 3.34. The molecule has 0 bridgehead atoms. The minimum Gasteiger partial charge on any atom is -0.489 e. The fraction of sp³-hybridized carbons (Fsp3) is 0.0833. The van der Waals surface area contributed by atoms with E-state index in [9.17, 15) is 4.79 Å². The molecule has 4 aromatic rings. The van der Waals surface area contributed by atoms with Crippen LogP contribution in [0.2, 0.25) is 5.02 Å². The summed E-state index contributed by atoms with van der Waals surface area (Å²) in [6, 6.07) is 22.0. The lowest BCUT2D eigenvalue weighted by Gasteiger charge is -2.08. The van der Waals surface area contributed by atoms with E-state index in [4.69, 9.17) is 21.1 Å². The first kappa shape index (κ1) is 21.9. The van der Waals surface area contributed by atoms with E-state index in [-0.39, 0.29) is 12.6 Å². The summed E-state index contributed by atoms with van der Waals surface area (Å²) in [5, 5.41) is 7.65. The summed E-state index contributed by atoms with van der Waals surface area (Å²) in [5.74, 6) is 1.17. The molecule has 32 heavy (non-hydrogen) atoms. The van der Waals surface area contributed by atoms with Crippen molar-refractivity contribution >= 4 is 39.1 Å². The van der Waals surface area contributed by atoms with E-state index in [0.29, 0.717) is 28.6 Å². The summed E-state index contributed by atoms with van der Waals surface area (Å²) in [6.45, 7) is 0.556. The molecule has 4 rings (SSSR count). The van der Waals surface area contributed by atoms with E-state index in [1.54, 1.807) is 41.3 Å². The molecule has 1 amide bonds. The maximum atomic E-state index is 12.7. The van der Waals surface area contributed by atoms with Crippen LogP contribution >= 0.6 is 27.5 Å². The van der Waals surface area contributed by atoms with Crippen molar-refractivity contribution in [1.29, 1.82) is 0 Å². The SMILES string of the molecule is O=C(Nc1cnn(COc2cccc(Cl)c2)c1)c1cccc(COc2ccc(Br)cc2)c1. The largest absolute Gasteiger partial charge is 0.489 e. The molecule has 1 N–H and O–H groups in total. The minimum atomic E-state index is -0.231. The monoisotopic (exact) mass is 511 g/mol. The van der Waals surface area contributed by atoms with Crippen molar-refractivity contribution in [1.82, 2.24) is 9.78 Å². The number of carbonyl (C=O) groups excluding carboxylic acids is 1. The summed E-state index contributed by atoms with van der Waals surface area (Å²) < 4.78 is 14.0. The maximum Gasteiger partial charge on any atom is 0.255 e. The highest BCUT2D eigenvalue weighted by atomic mass is 79.9. The second kappa shape index (κ2) is 10.3. The molecule has 0 saturated carbocycles. The lowest BCUT2D eigenvalue weighted by Crippen LogP contribution is -2.12. The standard InChI is InChI=1S/C24H19BrClN3O3/c25-19-7-9-22(10-8-19)31-15-17-3-1-4-18(11-17)24(30)28-21-13-27-29(14-21)16-32-23-6-2-5-20(26)12-23/h1-14H,15-16H2,(H,28,30). The first-order valence-corrected chi connectivity index (χ1v) is 10.9. The van der Waals surface area contributed by atoms with E-state index in [1.807, 2.05) is 48.5 Å². The summed E-state index contributed by atoms with van der Waals surface area (Å²) >= 11 is 9.35. The first-order chi connectivity index (χ1) is 15.5. The number of anilines is 1. The van der Waals surface area contributed by atoms with Crippen LogP contribution < -0.4 is 14.8 Å². The van der Waals surface area contributed by atoms with Crippen LogP contribution in [0.15, 0.2) is 89.7 Å². The van der Waals surface area contributed by atoms with E-state index in [2.05, 4.69) is 26.3 Å². The molecule has 0 aliphatic heterocycles. The molecule has 162 valence electrons. The Morgan fingerprint density at radius 2 is 1.81 bits per heavy atom. The highest BCUT2D eigenvalue weighted by Crippen LogP contribution is 2.19. The Hall–Kier alpha value is -3.29. The summed E-state index contributed by atoms with van der Waals surface area (Å²) in [5.41, 5.74) is 2.00. The lowest BCUT2D eigenvalue weighted by atomic mass is 10.1. The number of nitrogens with one attached hydrogen (secondary N) is 1. The van der Waals surface area contributed by atoms with Gasteiger partial charge in [0.25, 0.3) is 5.91 Å². The molecular formula is C24H19BrClN3O3. The van der Waals surface area contributed by atoms with Gasteiger partial charge in [0.15, 0.2) is 6.73 Å². The van der Waals surface area contributed by atoms with Crippen LogP contribution in [0.3, 0.4) is 0 Å². The van der Waals surface area contributed by atoms with Gasteiger partial charge in [0.1, 0.15) is 18.1 Å². The molecule has 0 atom stereocenters. The molecular weight excluding hydrogens is 494 g/mol. The molecule has 1 aromatic heterocycles. The van der Waals surface area contributed by atoms with E-state index in [0.717, 1.165) is 15.8 Å². The summed E-state index contributed by atoms with van der Waals surface area (Å²) in [7, 11) is 0. The number of benzene rings is 3. The molecule has 0 unspecified atom stereocenters. The van der Waals surface area contributed by atoms with E-state index in [1.165, 1.54) is 0 Å². The zero-order chi connectivity index (χ0) is 22.3. The van der Waals surface area contributed by atoms with Crippen LogP contribution in [-0.4, -0.2) is 15.7 Å². The third-order valence-corrected chi connectivity index (χ3v) is 5.22. The number of carbonyl (C=O) groups is 1. The normalized spacial score (nSPS) is 10.6. The van der Waals surface area contributed by atoms with Crippen molar-refractivity contribution in [2.45, 2.75) is 13.3 Å². The average Bonchev–Trinajstić information content (AvgIpc) is 3.25. The average molecular weight is 513 g/mol. The Balaban J connectivity index is 1.32. The third kappa shape index (κ3) is 6.12. The molecule has 3 aromatic carbocycles. The van der Waals surface area contributed by atoms with Gasteiger partial charge < -0.3 is 14.8 Å². The fourth-order valence-electron chi connectivity index (χ4n) is 2.90. The number of ether oxygens (including phenoxy) is 2. The van der Waals surface area contributed by atoms with Gasteiger partial charge in [-0.2, -0.15) is 5.10 Å². The number of rotatable bonds is 8. The molecule has 0 saturated heterocycles. The van der Waals surface area contributed by atoms with Crippen molar-refractivity contribution in [3.63, 3.8) is 0 Å². The van der Waals surface area contributed by atoms with Gasteiger partial charge in [-0.05, 0) is 60.2 Å². The lowest BCUT2D eigenvalue weighted by molar-refractivity contribution is 0.102. The molecule has 1 heterocycles. The van der Waals surface area contributed by atoms with Gasteiger partial charge >= 0.3 is 0 Å². The number of nitrogens with zero attached hydrogens (tertiary/aromatic N) is 2. The van der Waals surface area contributed by atoms with Crippen LogP contribution in [-0.2, 0) is 13.3 Å². The second-order valence-electron chi connectivity index (χ2n) is 6.90. The zero-order valence-electron chi connectivity index (χ0n) is 16.9. The summed E-state index contributed by atoms with van der Waals surface area (Å²) in [6.07, 6.45) is 3.27. The van der Waals surface area contributed by atoms with Gasteiger partial charge in [-0.1, -0.05) is 45.7 Å². The quantitative estimate of drug-likeness (QED) is 0.307. The van der Waals surface area contributed by atoms with Crippen molar-refractivity contribution in [3.8, 4) is 11.5 Å². The van der Waals surface area contributed by atoms with Gasteiger partial charge in [0, 0.05) is 15.1 Å². The zero-order valence-corrected chi connectivity index (χ0v) is 19.2. The number of hydrogen-bond acceptors (Lipinski definition) is 4. The minimum absolute atomic E-state index is 0.194. The molecule has 0 fully saturated rings. The Labute approximate surface area is 198 Å². The maximum absolute atomic E-state index is 12.7. The Morgan fingerprint density at radius 3 is 2.62 bits per heavy atom. The molecule has 0 aliphatic carbocycles. The van der Waals surface area contributed by atoms with Gasteiger partial charge in [-0.15, -0.1) is 0 Å². The van der Waals surface area contributed by atoms with E-state index >= 15 is 0 Å². The van der Waals surface area contributed by atoms with Crippen LogP contribution in [0.4, 0.5) is 5.69 Å². The summed E-state index contributed by atoms with van der Waals surface area (Å²) in [4.78, 5) is 12.7. The van der Waals surface area contributed by atoms with Crippen LogP contribution in [0.5, 0.6) is 11.5 Å². The number of aromatic nitrogens is 2. The van der Waals surface area contributed by atoms with Crippen molar-refractivity contribution < 1.29 is 14.3 Å². The van der Waals surface area contributed by atoms with Gasteiger partial charge in [-0.25, -0.2) is 4.68 Å². The van der Waals surface area contributed by atoms with Crippen molar-refractivity contribution in [3.05, 3.63) is 106 Å². The van der Waals surface area contributed by atoms with Gasteiger partial charge in [0.2, 0.25) is 0 Å². The van der Waals surface area contributed by atoms with Gasteiger partial charge in [-0.3, -0.25) is 4.79 Å². The van der Waals surface area contributed by atoms with E-state index < -0.39 is 0 Å². The molecule has 8 heteroatoms.